The number of hydrogen-bond donors (Lipinski definition) is 1. The number of hydrogen-bond acceptors (Lipinski definition) is 3. The summed E-state index contributed by atoms with van der Waals surface area (Å²) in [6.45, 7) is 2.39. The summed E-state index contributed by atoms with van der Waals surface area (Å²) in [5.41, 5.74) is 1.10. The lowest BCUT2D eigenvalue weighted by Gasteiger charge is -2.36. The highest BCUT2D eigenvalue weighted by Gasteiger charge is 2.23. The first-order chi connectivity index (χ1) is 12.5. The fraction of sp³-hybridized carbons (Fsp3) is 0.263. The number of carbonyl (C=O) groups is 2. The third-order valence-corrected chi connectivity index (χ3v) is 4.50. The highest BCUT2D eigenvalue weighted by atomic mass is 35.5. The maximum absolute atomic E-state index is 13.5. The number of piperazine rings is 1. The molecule has 1 aliphatic rings. The molecule has 0 aromatic heterocycles. The van der Waals surface area contributed by atoms with Crippen molar-refractivity contribution in [2.75, 3.05) is 36.4 Å². The van der Waals surface area contributed by atoms with Crippen LogP contribution in [-0.4, -0.2) is 42.9 Å². The molecule has 1 saturated heterocycles. The smallest absolute Gasteiger partial charge is 0.233 e. The van der Waals surface area contributed by atoms with Crippen LogP contribution in [0.1, 0.15) is 6.42 Å². The Labute approximate surface area is 156 Å². The second kappa shape index (κ2) is 8.19. The van der Waals surface area contributed by atoms with Crippen molar-refractivity contribution in [2.45, 2.75) is 6.42 Å². The van der Waals surface area contributed by atoms with Crippen LogP contribution in [0.3, 0.4) is 0 Å². The fourth-order valence-corrected chi connectivity index (χ4v) is 3.08. The molecule has 136 valence electrons. The van der Waals surface area contributed by atoms with Gasteiger partial charge in [0.1, 0.15) is 12.2 Å². The number of nitrogens with one attached hydrogen (secondary N) is 1. The van der Waals surface area contributed by atoms with Gasteiger partial charge in [0.2, 0.25) is 11.8 Å². The van der Waals surface area contributed by atoms with Crippen LogP contribution in [0.2, 0.25) is 5.02 Å². The number of amides is 2. The van der Waals surface area contributed by atoms with E-state index in [1.165, 1.54) is 18.2 Å². The van der Waals surface area contributed by atoms with Gasteiger partial charge < -0.3 is 15.1 Å². The van der Waals surface area contributed by atoms with E-state index in [1.54, 1.807) is 11.0 Å². The predicted octanol–water partition coefficient (Wildman–Crippen LogP) is 3.16. The zero-order valence-electron chi connectivity index (χ0n) is 14.1. The molecule has 3 rings (SSSR count). The lowest BCUT2D eigenvalue weighted by Crippen LogP contribution is -2.49. The number of anilines is 2. The Morgan fingerprint density at radius 1 is 1.04 bits per heavy atom. The van der Waals surface area contributed by atoms with E-state index >= 15 is 0 Å². The van der Waals surface area contributed by atoms with Gasteiger partial charge in [0.25, 0.3) is 0 Å². The number of carbonyl (C=O) groups excluding carboxylic acids is 2. The van der Waals surface area contributed by atoms with Crippen LogP contribution in [0.25, 0.3) is 0 Å². The van der Waals surface area contributed by atoms with E-state index in [2.05, 4.69) is 10.2 Å². The predicted molar refractivity (Wildman–Crippen MR) is 99.9 cm³/mol. The van der Waals surface area contributed by atoms with Crippen molar-refractivity contribution in [3.63, 3.8) is 0 Å². The van der Waals surface area contributed by atoms with Crippen molar-refractivity contribution in [1.82, 2.24) is 4.90 Å². The van der Waals surface area contributed by atoms with Crippen molar-refractivity contribution in [3.8, 4) is 0 Å². The number of nitrogens with zero attached hydrogens (tertiary/aromatic N) is 2. The Kier molecular flexibility index (Phi) is 5.73. The molecular formula is C19H19ClFN3O2. The maximum atomic E-state index is 13.5. The monoisotopic (exact) mass is 375 g/mol. The summed E-state index contributed by atoms with van der Waals surface area (Å²) < 4.78 is 13.5. The molecule has 2 amide bonds. The molecule has 0 bridgehead atoms. The van der Waals surface area contributed by atoms with Crippen molar-refractivity contribution in [1.29, 1.82) is 0 Å². The first-order valence-electron chi connectivity index (χ1n) is 8.35. The van der Waals surface area contributed by atoms with Gasteiger partial charge in [-0.1, -0.05) is 29.8 Å². The standard InChI is InChI=1S/C19H19ClFN3O2/c20-14-4-3-5-15(12-14)23-8-10-24(11-9-23)19(26)13-18(25)22-17-7-2-1-6-16(17)21/h1-7,12H,8-11,13H2,(H,22,25). The first-order valence-corrected chi connectivity index (χ1v) is 8.73. The van der Waals surface area contributed by atoms with Crippen LogP contribution in [0, 0.1) is 5.82 Å². The summed E-state index contributed by atoms with van der Waals surface area (Å²) in [4.78, 5) is 28.1. The van der Waals surface area contributed by atoms with E-state index in [0.29, 0.717) is 31.2 Å². The number of para-hydroxylation sites is 1. The third kappa shape index (κ3) is 4.52. The van der Waals surface area contributed by atoms with Gasteiger partial charge in [-0.15, -0.1) is 0 Å². The molecule has 7 heteroatoms. The van der Waals surface area contributed by atoms with Gasteiger partial charge in [0, 0.05) is 36.9 Å². The van der Waals surface area contributed by atoms with Crippen molar-refractivity contribution in [3.05, 3.63) is 59.4 Å². The highest BCUT2D eigenvalue weighted by molar-refractivity contribution is 6.30. The van der Waals surface area contributed by atoms with Gasteiger partial charge >= 0.3 is 0 Å². The lowest BCUT2D eigenvalue weighted by molar-refractivity contribution is -0.134. The molecule has 1 heterocycles. The van der Waals surface area contributed by atoms with Crippen LogP contribution in [-0.2, 0) is 9.59 Å². The zero-order valence-corrected chi connectivity index (χ0v) is 14.9. The Bertz CT molecular complexity index is 807. The summed E-state index contributed by atoms with van der Waals surface area (Å²) >= 11 is 6.02. The highest BCUT2D eigenvalue weighted by Crippen LogP contribution is 2.21. The summed E-state index contributed by atoms with van der Waals surface area (Å²) in [7, 11) is 0. The number of halogens is 2. The van der Waals surface area contributed by atoms with Crippen LogP contribution in [0.4, 0.5) is 15.8 Å². The van der Waals surface area contributed by atoms with Crippen LogP contribution in [0.5, 0.6) is 0 Å². The van der Waals surface area contributed by atoms with Crippen molar-refractivity contribution >= 4 is 34.8 Å². The molecule has 0 aliphatic carbocycles. The van der Waals surface area contributed by atoms with E-state index in [9.17, 15) is 14.0 Å². The minimum Gasteiger partial charge on any atom is -0.368 e. The second-order valence-corrected chi connectivity index (χ2v) is 6.49. The van der Waals surface area contributed by atoms with Crippen molar-refractivity contribution in [2.24, 2.45) is 0 Å². The molecule has 2 aromatic rings. The molecule has 2 aromatic carbocycles. The molecule has 26 heavy (non-hydrogen) atoms. The summed E-state index contributed by atoms with van der Waals surface area (Å²) in [5, 5.41) is 3.11. The van der Waals surface area contributed by atoms with E-state index in [1.807, 2.05) is 24.3 Å². The van der Waals surface area contributed by atoms with Crippen LogP contribution in [0.15, 0.2) is 48.5 Å². The van der Waals surface area contributed by atoms with Gasteiger partial charge in [-0.2, -0.15) is 0 Å². The molecule has 1 N–H and O–H groups in total. The maximum Gasteiger partial charge on any atom is 0.233 e. The molecule has 0 spiro atoms. The SMILES string of the molecule is O=C(CC(=O)N1CCN(c2cccc(Cl)c2)CC1)Nc1ccccc1F. The minimum absolute atomic E-state index is 0.0797. The van der Waals surface area contributed by atoms with Gasteiger partial charge in [-0.05, 0) is 30.3 Å². The normalized spacial score (nSPS) is 14.2. The van der Waals surface area contributed by atoms with Crippen molar-refractivity contribution < 1.29 is 14.0 Å². The van der Waals surface area contributed by atoms with E-state index < -0.39 is 11.7 Å². The van der Waals surface area contributed by atoms with E-state index in [4.69, 9.17) is 11.6 Å². The van der Waals surface area contributed by atoms with E-state index in [0.717, 1.165) is 5.69 Å². The third-order valence-electron chi connectivity index (χ3n) is 4.27. The summed E-state index contributed by atoms with van der Waals surface area (Å²) in [6.07, 6.45) is -0.300. The number of rotatable bonds is 4. The zero-order chi connectivity index (χ0) is 18.5. The Morgan fingerprint density at radius 2 is 1.77 bits per heavy atom. The van der Waals surface area contributed by atoms with Gasteiger partial charge in [-0.3, -0.25) is 9.59 Å². The Balaban J connectivity index is 1.50. The van der Waals surface area contributed by atoms with Gasteiger partial charge in [-0.25, -0.2) is 4.39 Å². The molecule has 0 atom stereocenters. The average Bonchev–Trinajstić information content (AvgIpc) is 2.64. The van der Waals surface area contributed by atoms with Gasteiger partial charge in [0.05, 0.1) is 5.69 Å². The van der Waals surface area contributed by atoms with Crippen LogP contribution >= 0.6 is 11.6 Å². The minimum atomic E-state index is -0.525. The lowest BCUT2D eigenvalue weighted by atomic mass is 10.2. The molecule has 0 unspecified atom stereocenters. The summed E-state index contributed by atoms with van der Waals surface area (Å²) in [6, 6.07) is 13.5. The van der Waals surface area contributed by atoms with Gasteiger partial charge in [0.15, 0.2) is 0 Å². The quantitative estimate of drug-likeness (QED) is 0.835. The van der Waals surface area contributed by atoms with E-state index in [-0.39, 0.29) is 18.0 Å². The molecule has 1 fully saturated rings. The molecule has 5 nitrogen and oxygen atoms in total. The molecular weight excluding hydrogens is 357 g/mol. The average molecular weight is 376 g/mol. The topological polar surface area (TPSA) is 52.7 Å². The Hall–Kier alpha value is -2.60. The van der Waals surface area contributed by atoms with Crippen LogP contribution < -0.4 is 10.2 Å². The fourth-order valence-electron chi connectivity index (χ4n) is 2.89. The molecule has 0 saturated carbocycles. The summed E-state index contributed by atoms with van der Waals surface area (Å²) in [5.74, 6) is -1.30. The Morgan fingerprint density at radius 3 is 2.46 bits per heavy atom. The second-order valence-electron chi connectivity index (χ2n) is 6.05. The molecule has 0 radical (unpaired) electrons. The molecule has 1 aliphatic heterocycles. The first kappa shape index (κ1) is 18.2. The number of benzene rings is 2. The largest absolute Gasteiger partial charge is 0.368 e.